The van der Waals surface area contributed by atoms with Gasteiger partial charge in [-0.05, 0) is 30.0 Å². The molecule has 0 saturated heterocycles. The van der Waals surface area contributed by atoms with Crippen LogP contribution in [0, 0.1) is 5.92 Å². The molecule has 1 aromatic carbocycles. The summed E-state index contributed by atoms with van der Waals surface area (Å²) in [5.74, 6) is -1.67. The van der Waals surface area contributed by atoms with Crippen LogP contribution in [0.1, 0.15) is 17.9 Å². The maximum Gasteiger partial charge on any atom is 0.328 e. The van der Waals surface area contributed by atoms with Crippen LogP contribution in [0.25, 0.3) is 0 Å². The Hall–Kier alpha value is -1.30. The Morgan fingerprint density at radius 1 is 1.48 bits per heavy atom. The Morgan fingerprint density at radius 3 is 2.76 bits per heavy atom. The lowest BCUT2D eigenvalue weighted by Crippen LogP contribution is -2.44. The van der Waals surface area contributed by atoms with Gasteiger partial charge in [0.25, 0.3) is 0 Å². The van der Waals surface area contributed by atoms with Gasteiger partial charge in [-0.3, -0.25) is 4.79 Å². The zero-order chi connectivity index (χ0) is 15.6. The maximum atomic E-state index is 12.1. The molecule has 0 aliphatic heterocycles. The highest BCUT2D eigenvalue weighted by atomic mass is 35.5. The number of carbonyl (C=O) groups is 2. The smallest absolute Gasteiger partial charge is 0.328 e. The van der Waals surface area contributed by atoms with Crippen molar-refractivity contribution < 1.29 is 19.4 Å². The number of ether oxygens (including phenoxy) is 1. The highest BCUT2D eigenvalue weighted by Crippen LogP contribution is 2.50. The Morgan fingerprint density at radius 2 is 2.19 bits per heavy atom. The lowest BCUT2D eigenvalue weighted by molar-refractivity contribution is -0.143. The molecule has 5 nitrogen and oxygen atoms in total. The largest absolute Gasteiger partial charge is 0.480 e. The lowest BCUT2D eigenvalue weighted by atomic mass is 10.1. The number of carboxylic acids is 1. The second kappa shape index (κ2) is 6.64. The normalized spacial score (nSPS) is 21.7. The first-order valence-corrected chi connectivity index (χ1v) is 7.16. The first-order valence-electron chi connectivity index (χ1n) is 6.41. The molecule has 2 rings (SSSR count). The fraction of sp³-hybridized carbons (Fsp3) is 0.429. The van der Waals surface area contributed by atoms with Crippen molar-refractivity contribution in [2.24, 2.45) is 5.92 Å². The molecule has 1 fully saturated rings. The summed E-state index contributed by atoms with van der Waals surface area (Å²) in [6.45, 7) is -0.0693. The van der Waals surface area contributed by atoms with Crippen molar-refractivity contribution in [1.29, 1.82) is 0 Å². The van der Waals surface area contributed by atoms with Crippen molar-refractivity contribution in [1.82, 2.24) is 5.32 Å². The van der Waals surface area contributed by atoms with Gasteiger partial charge < -0.3 is 15.2 Å². The van der Waals surface area contributed by atoms with E-state index >= 15 is 0 Å². The molecule has 0 heterocycles. The molecule has 114 valence electrons. The molecule has 1 amide bonds. The molecule has 1 aromatic rings. The predicted octanol–water partition coefficient (Wildman–Crippen LogP) is 2.31. The average Bonchev–Trinajstić information content (AvgIpc) is 3.18. The van der Waals surface area contributed by atoms with Crippen LogP contribution in [0.4, 0.5) is 0 Å². The minimum absolute atomic E-state index is 0.00626. The second-order valence-corrected chi connectivity index (χ2v) is 5.81. The van der Waals surface area contributed by atoms with Crippen LogP contribution in [0.2, 0.25) is 10.0 Å². The van der Waals surface area contributed by atoms with E-state index in [1.54, 1.807) is 18.2 Å². The summed E-state index contributed by atoms with van der Waals surface area (Å²) in [4.78, 5) is 23.0. The van der Waals surface area contributed by atoms with E-state index in [9.17, 15) is 9.59 Å². The van der Waals surface area contributed by atoms with Crippen molar-refractivity contribution in [2.45, 2.75) is 18.4 Å². The van der Waals surface area contributed by atoms with Gasteiger partial charge in [0.1, 0.15) is 0 Å². The summed E-state index contributed by atoms with van der Waals surface area (Å²) in [6.07, 6.45) is 0.645. The van der Waals surface area contributed by atoms with Crippen LogP contribution in [-0.2, 0) is 14.3 Å². The highest BCUT2D eigenvalue weighted by molar-refractivity contribution is 6.35. The fourth-order valence-corrected chi connectivity index (χ4v) is 2.80. The van der Waals surface area contributed by atoms with Gasteiger partial charge >= 0.3 is 5.97 Å². The van der Waals surface area contributed by atoms with Gasteiger partial charge in [-0.2, -0.15) is 0 Å². The standard InChI is InChI=1S/C14H15Cl2NO4/c1-21-6-12(14(19)20)17-13(18)10-5-9(10)8-3-2-7(15)4-11(8)16/h2-4,9-10,12H,5-6H2,1H3,(H,17,18)(H,19,20). The number of methoxy groups -OCH3 is 1. The number of benzene rings is 1. The molecule has 7 heteroatoms. The van der Waals surface area contributed by atoms with Gasteiger partial charge in [0.05, 0.1) is 6.61 Å². The molecular weight excluding hydrogens is 317 g/mol. The van der Waals surface area contributed by atoms with Gasteiger partial charge in [0.2, 0.25) is 5.91 Å². The SMILES string of the molecule is COCC(NC(=O)C1CC1c1ccc(Cl)cc1Cl)C(=O)O. The minimum Gasteiger partial charge on any atom is -0.480 e. The van der Waals surface area contributed by atoms with Gasteiger partial charge in [-0.25, -0.2) is 4.79 Å². The topological polar surface area (TPSA) is 75.6 Å². The second-order valence-electron chi connectivity index (χ2n) is 4.97. The van der Waals surface area contributed by atoms with Crippen molar-refractivity contribution in [3.05, 3.63) is 33.8 Å². The zero-order valence-electron chi connectivity index (χ0n) is 11.3. The summed E-state index contributed by atoms with van der Waals surface area (Å²) in [6, 6.07) is 4.12. The van der Waals surface area contributed by atoms with E-state index in [0.717, 1.165) is 5.56 Å². The summed E-state index contributed by atoms with van der Waals surface area (Å²) >= 11 is 11.9. The minimum atomic E-state index is -1.12. The molecule has 0 radical (unpaired) electrons. The third-order valence-corrected chi connectivity index (χ3v) is 4.00. The Balaban J connectivity index is 1.99. The van der Waals surface area contributed by atoms with Gasteiger partial charge in [-0.1, -0.05) is 29.3 Å². The lowest BCUT2D eigenvalue weighted by Gasteiger charge is -2.13. The van der Waals surface area contributed by atoms with Gasteiger partial charge in [-0.15, -0.1) is 0 Å². The molecule has 0 bridgehead atoms. The summed E-state index contributed by atoms with van der Waals surface area (Å²) in [5, 5.41) is 12.5. The molecule has 1 saturated carbocycles. The number of nitrogens with one attached hydrogen (secondary N) is 1. The van der Waals surface area contributed by atoms with Crippen LogP contribution in [-0.4, -0.2) is 36.7 Å². The molecule has 0 aromatic heterocycles. The Kier molecular flexibility index (Phi) is 5.08. The van der Waals surface area contributed by atoms with Crippen LogP contribution in [0.15, 0.2) is 18.2 Å². The number of carboxylic acid groups (broad SMARTS) is 1. The number of aliphatic carboxylic acids is 1. The maximum absolute atomic E-state index is 12.1. The number of hydrogen-bond donors (Lipinski definition) is 2. The van der Waals surface area contributed by atoms with Crippen molar-refractivity contribution in [3.63, 3.8) is 0 Å². The van der Waals surface area contributed by atoms with Crippen molar-refractivity contribution in [2.75, 3.05) is 13.7 Å². The van der Waals surface area contributed by atoms with Crippen LogP contribution >= 0.6 is 23.2 Å². The number of amides is 1. The first-order chi connectivity index (χ1) is 9.93. The first kappa shape index (κ1) is 16.1. The van der Waals surface area contributed by atoms with E-state index in [1.165, 1.54) is 7.11 Å². The van der Waals surface area contributed by atoms with Crippen LogP contribution in [0.3, 0.4) is 0 Å². The molecule has 21 heavy (non-hydrogen) atoms. The highest BCUT2D eigenvalue weighted by Gasteiger charge is 2.45. The molecule has 1 aliphatic carbocycles. The van der Waals surface area contributed by atoms with E-state index in [0.29, 0.717) is 16.5 Å². The number of halogens is 2. The van der Waals surface area contributed by atoms with E-state index in [-0.39, 0.29) is 24.3 Å². The molecule has 3 unspecified atom stereocenters. The van der Waals surface area contributed by atoms with E-state index in [4.69, 9.17) is 33.0 Å². The zero-order valence-corrected chi connectivity index (χ0v) is 12.8. The third-order valence-electron chi connectivity index (χ3n) is 3.44. The molecule has 0 spiro atoms. The molecule has 1 aliphatic rings. The molecular formula is C14H15Cl2NO4. The third kappa shape index (κ3) is 3.87. The number of carbonyl (C=O) groups excluding carboxylic acids is 1. The van der Waals surface area contributed by atoms with Gasteiger partial charge in [0, 0.05) is 23.1 Å². The fourth-order valence-electron chi connectivity index (χ4n) is 2.25. The number of hydrogen-bond acceptors (Lipinski definition) is 3. The van der Waals surface area contributed by atoms with Gasteiger partial charge in [0.15, 0.2) is 6.04 Å². The van der Waals surface area contributed by atoms with E-state index in [1.807, 2.05) is 0 Å². The van der Waals surface area contributed by atoms with Crippen LogP contribution in [0.5, 0.6) is 0 Å². The van der Waals surface area contributed by atoms with E-state index < -0.39 is 12.0 Å². The van der Waals surface area contributed by atoms with Crippen molar-refractivity contribution in [3.8, 4) is 0 Å². The summed E-state index contributed by atoms with van der Waals surface area (Å²) in [7, 11) is 1.38. The Labute approximate surface area is 132 Å². The summed E-state index contributed by atoms with van der Waals surface area (Å²) in [5.41, 5.74) is 0.861. The van der Waals surface area contributed by atoms with Crippen LogP contribution < -0.4 is 5.32 Å². The van der Waals surface area contributed by atoms with Crippen molar-refractivity contribution >= 4 is 35.1 Å². The molecule has 3 atom stereocenters. The summed E-state index contributed by atoms with van der Waals surface area (Å²) < 4.78 is 4.78. The monoisotopic (exact) mass is 331 g/mol. The Bertz CT molecular complexity index is 564. The average molecular weight is 332 g/mol. The molecule has 2 N–H and O–H groups in total. The van der Waals surface area contributed by atoms with E-state index in [2.05, 4.69) is 5.32 Å². The quantitative estimate of drug-likeness (QED) is 0.838. The number of rotatable bonds is 6. The predicted molar refractivity (Wildman–Crippen MR) is 78.8 cm³/mol.